The Labute approximate surface area is 193 Å². The molecule has 0 unspecified atom stereocenters. The first-order valence-corrected chi connectivity index (χ1v) is 11.6. The Hall–Kier alpha value is -2.80. The number of benzene rings is 1. The summed E-state index contributed by atoms with van der Waals surface area (Å²) in [6.45, 7) is 1.73. The van der Waals surface area contributed by atoms with E-state index in [-0.39, 0.29) is 34.5 Å². The maximum atomic E-state index is 12.7. The van der Waals surface area contributed by atoms with Gasteiger partial charge in [0.15, 0.2) is 5.12 Å². The summed E-state index contributed by atoms with van der Waals surface area (Å²) in [5, 5.41) is 10.6. The number of carbonyl (C=O) groups excluding carboxylic acids is 4. The number of nitrogens with two attached hydrogens (primary N) is 1. The first kappa shape index (κ1) is 25.5. The highest BCUT2D eigenvalue weighted by Gasteiger charge is 2.37. The van der Waals surface area contributed by atoms with E-state index in [1.807, 2.05) is 0 Å². The Morgan fingerprint density at radius 2 is 1.94 bits per heavy atom. The van der Waals surface area contributed by atoms with Gasteiger partial charge in [0.05, 0.1) is 10.7 Å². The Balaban J connectivity index is 1.95. The molecule has 0 aliphatic carbocycles. The zero-order valence-electron chi connectivity index (χ0n) is 17.6. The van der Waals surface area contributed by atoms with Crippen LogP contribution >= 0.6 is 23.5 Å². The molecule has 2 atom stereocenters. The third kappa shape index (κ3) is 7.41. The highest BCUT2D eigenvalue weighted by atomic mass is 32.2. The predicted octanol–water partition coefficient (Wildman–Crippen LogP) is 2.22. The molecule has 0 radical (unpaired) electrons. The fourth-order valence-electron chi connectivity index (χ4n) is 3.02. The number of likely N-dealkylation sites (tertiary alicyclic amines) is 1. The first-order chi connectivity index (χ1) is 15.1. The number of nitro groups is 1. The summed E-state index contributed by atoms with van der Waals surface area (Å²) >= 11 is 2.42. The fourth-order valence-corrected chi connectivity index (χ4v) is 5.12. The number of hydrogen-bond acceptors (Lipinski definition) is 9. The zero-order valence-corrected chi connectivity index (χ0v) is 19.2. The topological polar surface area (TPSA) is 153 Å². The van der Waals surface area contributed by atoms with E-state index >= 15 is 0 Å². The van der Waals surface area contributed by atoms with Crippen molar-refractivity contribution in [2.45, 2.75) is 31.2 Å². The minimum Gasteiger partial charge on any atom is -0.445 e. The number of ether oxygens (including phenoxy) is 1. The molecular weight excluding hydrogens is 460 g/mol. The molecule has 13 heteroatoms. The average molecular weight is 485 g/mol. The maximum Gasteiger partial charge on any atom is 0.410 e. The molecule has 0 saturated carbocycles. The van der Waals surface area contributed by atoms with Crippen LogP contribution in [0.25, 0.3) is 0 Å². The first-order valence-electron chi connectivity index (χ1n) is 9.56. The summed E-state index contributed by atoms with van der Waals surface area (Å²) in [7, 11) is 1.29. The van der Waals surface area contributed by atoms with Crippen LogP contribution in [-0.2, 0) is 20.9 Å². The summed E-state index contributed by atoms with van der Waals surface area (Å²) < 4.78 is 5.37. The second-order valence-corrected chi connectivity index (χ2v) is 9.57. The highest BCUT2D eigenvalue weighted by molar-refractivity contribution is 8.14. The van der Waals surface area contributed by atoms with E-state index < -0.39 is 23.0 Å². The lowest BCUT2D eigenvalue weighted by Gasteiger charge is -2.24. The van der Waals surface area contributed by atoms with Crippen molar-refractivity contribution in [1.82, 2.24) is 9.80 Å². The largest absolute Gasteiger partial charge is 0.445 e. The van der Waals surface area contributed by atoms with Gasteiger partial charge in [-0.25, -0.2) is 9.59 Å². The van der Waals surface area contributed by atoms with Gasteiger partial charge >= 0.3 is 12.1 Å². The van der Waals surface area contributed by atoms with Crippen molar-refractivity contribution < 1.29 is 28.8 Å². The number of hydrogen-bond donors (Lipinski definition) is 1. The second-order valence-electron chi connectivity index (χ2n) is 7.06. The van der Waals surface area contributed by atoms with Gasteiger partial charge in [-0.3, -0.25) is 24.6 Å². The average Bonchev–Trinajstić information content (AvgIpc) is 3.13. The number of nitrogens with zero attached hydrogens (tertiary/aromatic N) is 3. The maximum absolute atomic E-state index is 12.7. The molecular formula is C19H24N4O7S2. The molecule has 1 aromatic carbocycles. The SMILES string of the molecule is CC(=O)S[C@H]1C[C@@H](CSCC(=O)N(C)C(N)=O)N(C(=O)OCc2ccc([N+](=O)[O-])cc2)C1. The lowest BCUT2D eigenvalue weighted by atomic mass is 10.2. The van der Waals surface area contributed by atoms with Crippen molar-refractivity contribution in [3.63, 3.8) is 0 Å². The monoisotopic (exact) mass is 484 g/mol. The van der Waals surface area contributed by atoms with E-state index in [1.54, 1.807) is 0 Å². The van der Waals surface area contributed by atoms with E-state index in [0.717, 1.165) is 16.7 Å². The lowest BCUT2D eigenvalue weighted by molar-refractivity contribution is -0.384. The fraction of sp³-hybridized carbons (Fsp3) is 0.474. The predicted molar refractivity (Wildman–Crippen MR) is 120 cm³/mol. The summed E-state index contributed by atoms with van der Waals surface area (Å²) in [4.78, 5) is 59.7. The number of non-ortho nitro benzene ring substituents is 1. The van der Waals surface area contributed by atoms with Gasteiger partial charge in [-0.15, -0.1) is 11.8 Å². The number of primary amides is 1. The van der Waals surface area contributed by atoms with Crippen LogP contribution in [0.1, 0.15) is 18.9 Å². The molecule has 4 amide bonds. The number of nitro benzene ring substituents is 1. The van der Waals surface area contributed by atoms with E-state index in [9.17, 15) is 29.3 Å². The Morgan fingerprint density at radius 3 is 2.50 bits per heavy atom. The summed E-state index contributed by atoms with van der Waals surface area (Å²) in [5.74, 6) is -0.00558. The minimum atomic E-state index is -0.842. The third-order valence-electron chi connectivity index (χ3n) is 4.69. The highest BCUT2D eigenvalue weighted by Crippen LogP contribution is 2.30. The van der Waals surface area contributed by atoms with Crippen LogP contribution in [-0.4, -0.2) is 74.3 Å². The molecule has 0 spiro atoms. The standard InChI is InChI=1S/C19H24N4O7S2/c1-12(24)32-16-7-15(10-31-11-17(25)21(2)18(20)26)22(8-16)19(27)30-9-13-3-5-14(6-4-13)23(28)29/h3-6,15-16H,7-11H2,1-2H3,(H2,20,26)/t15-,16-/m0/s1. The molecule has 1 saturated heterocycles. The third-order valence-corrected chi connectivity index (χ3v) is 6.77. The molecule has 2 N–H and O–H groups in total. The van der Waals surface area contributed by atoms with Crippen molar-refractivity contribution in [2.24, 2.45) is 5.73 Å². The lowest BCUT2D eigenvalue weighted by Crippen LogP contribution is -2.39. The zero-order chi connectivity index (χ0) is 23.8. The number of rotatable bonds is 8. The van der Waals surface area contributed by atoms with E-state index in [2.05, 4.69) is 0 Å². The molecule has 2 rings (SSSR count). The van der Waals surface area contributed by atoms with Crippen molar-refractivity contribution >= 4 is 52.4 Å². The molecule has 1 heterocycles. The van der Waals surface area contributed by atoms with Crippen molar-refractivity contribution in [3.8, 4) is 0 Å². The van der Waals surface area contributed by atoms with E-state index in [1.165, 1.54) is 54.9 Å². The molecule has 1 aliphatic rings. The quantitative estimate of drug-likeness (QED) is 0.432. The minimum absolute atomic E-state index is 0.0200. The van der Waals surface area contributed by atoms with Gasteiger partial charge in [0.2, 0.25) is 5.91 Å². The van der Waals surface area contributed by atoms with Gasteiger partial charge in [-0.05, 0) is 24.1 Å². The van der Waals surface area contributed by atoms with Crippen molar-refractivity contribution in [2.75, 3.05) is 25.1 Å². The Kier molecular flexibility index (Phi) is 9.32. The molecule has 32 heavy (non-hydrogen) atoms. The molecule has 0 aromatic heterocycles. The van der Waals surface area contributed by atoms with Gasteiger partial charge in [-0.2, -0.15) is 0 Å². The summed E-state index contributed by atoms with van der Waals surface area (Å²) in [6, 6.07) is 4.59. The summed E-state index contributed by atoms with van der Waals surface area (Å²) in [6.07, 6.45) is -0.00909. The number of imide groups is 1. The van der Waals surface area contributed by atoms with Gasteiger partial charge in [0, 0.05) is 49.7 Å². The van der Waals surface area contributed by atoms with Crippen molar-refractivity contribution in [1.29, 1.82) is 0 Å². The van der Waals surface area contributed by atoms with Crippen LogP contribution in [0.3, 0.4) is 0 Å². The van der Waals surface area contributed by atoms with Crippen LogP contribution in [0, 0.1) is 10.1 Å². The molecule has 11 nitrogen and oxygen atoms in total. The Bertz CT molecular complexity index is 881. The number of thioether (sulfide) groups is 2. The number of amides is 4. The molecule has 1 aliphatic heterocycles. The van der Waals surface area contributed by atoms with Crippen LogP contribution in [0.4, 0.5) is 15.3 Å². The van der Waals surface area contributed by atoms with Crippen LogP contribution < -0.4 is 5.73 Å². The Morgan fingerprint density at radius 1 is 1.28 bits per heavy atom. The van der Waals surface area contributed by atoms with E-state index in [0.29, 0.717) is 24.3 Å². The van der Waals surface area contributed by atoms with Gasteiger partial charge in [0.25, 0.3) is 5.69 Å². The van der Waals surface area contributed by atoms with Crippen LogP contribution in [0.2, 0.25) is 0 Å². The number of carbonyl (C=O) groups is 4. The number of urea groups is 1. The molecule has 1 fully saturated rings. The van der Waals surface area contributed by atoms with E-state index in [4.69, 9.17) is 10.5 Å². The van der Waals surface area contributed by atoms with Gasteiger partial charge < -0.3 is 15.4 Å². The molecule has 174 valence electrons. The van der Waals surface area contributed by atoms with Crippen LogP contribution in [0.5, 0.6) is 0 Å². The van der Waals surface area contributed by atoms with Gasteiger partial charge in [-0.1, -0.05) is 11.8 Å². The smallest absolute Gasteiger partial charge is 0.410 e. The summed E-state index contributed by atoms with van der Waals surface area (Å²) in [5.41, 5.74) is 5.62. The second kappa shape index (κ2) is 11.7. The molecule has 1 aromatic rings. The van der Waals surface area contributed by atoms with Crippen molar-refractivity contribution in [3.05, 3.63) is 39.9 Å². The normalized spacial score (nSPS) is 17.6. The molecule has 0 bridgehead atoms. The van der Waals surface area contributed by atoms with Crippen LogP contribution in [0.15, 0.2) is 24.3 Å². The van der Waals surface area contributed by atoms with Gasteiger partial charge in [0.1, 0.15) is 6.61 Å².